The first-order valence-corrected chi connectivity index (χ1v) is 27.9. The summed E-state index contributed by atoms with van der Waals surface area (Å²) in [6.45, 7) is 17.0. The zero-order chi connectivity index (χ0) is 56.7. The SMILES string of the molecule is C#Cc1cccc2cccc(-c3ncc4c(N(CC)CC(CCC)NC)nc(=O)[nH]c4c3F)c12.CN1CCN(CCC2CCN(c3ccc(C=O)c(C=O)c3)CC2)CC1.CNC(=O)CCC(C=O)N(C)C.C[C@H]1CCCN1C. The summed E-state index contributed by atoms with van der Waals surface area (Å²) in [5.74, 6) is 3.28. The number of aromatic amines is 1. The van der Waals surface area contributed by atoms with E-state index in [-0.39, 0.29) is 29.2 Å². The van der Waals surface area contributed by atoms with E-state index in [2.05, 4.69) is 79.0 Å². The van der Waals surface area contributed by atoms with Crippen LogP contribution in [-0.4, -0.2) is 185 Å². The van der Waals surface area contributed by atoms with E-state index in [0.29, 0.717) is 59.4 Å². The Morgan fingerprint density at radius 1 is 0.936 bits per heavy atom. The number of halogens is 1. The number of fused-ring (bicyclic) bond motifs is 2. The maximum absolute atomic E-state index is 16.0. The molecule has 3 N–H and O–H groups in total. The second-order valence-electron chi connectivity index (χ2n) is 21.0. The number of likely N-dealkylation sites (tertiary alicyclic amines) is 1. The van der Waals surface area contributed by atoms with Crippen LogP contribution < -0.4 is 26.1 Å². The van der Waals surface area contributed by atoms with E-state index in [0.717, 1.165) is 73.2 Å². The van der Waals surface area contributed by atoms with E-state index in [1.165, 1.54) is 71.4 Å². The van der Waals surface area contributed by atoms with Gasteiger partial charge in [-0.25, -0.2) is 9.18 Å². The molecule has 1 amide bonds. The molecule has 17 heteroatoms. The first kappa shape index (κ1) is 62.4. The molecule has 16 nitrogen and oxygen atoms in total. The summed E-state index contributed by atoms with van der Waals surface area (Å²) in [5.41, 5.74) is 2.88. The van der Waals surface area contributed by atoms with Crippen LogP contribution in [0.25, 0.3) is 32.9 Å². The minimum Gasteiger partial charge on any atom is -0.371 e. The van der Waals surface area contributed by atoms with Gasteiger partial charge in [-0.2, -0.15) is 4.98 Å². The number of piperazine rings is 1. The van der Waals surface area contributed by atoms with E-state index < -0.39 is 11.5 Å². The highest BCUT2D eigenvalue weighted by Crippen LogP contribution is 2.35. The smallest absolute Gasteiger partial charge is 0.347 e. The number of aldehydes is 3. The lowest BCUT2D eigenvalue weighted by Gasteiger charge is -2.36. The molecule has 3 fully saturated rings. The minimum absolute atomic E-state index is 0.0244. The Morgan fingerprint density at radius 3 is 2.21 bits per heavy atom. The molecule has 422 valence electrons. The number of carbonyl (C=O) groups is 4. The van der Waals surface area contributed by atoms with Crippen molar-refractivity contribution in [1.29, 1.82) is 0 Å². The number of nitrogens with zero attached hydrogens (tertiary/aromatic N) is 8. The molecule has 8 rings (SSSR count). The van der Waals surface area contributed by atoms with Crippen LogP contribution in [0.2, 0.25) is 0 Å². The highest BCUT2D eigenvalue weighted by molar-refractivity contribution is 6.02. The van der Waals surface area contributed by atoms with Gasteiger partial charge in [-0.3, -0.25) is 24.3 Å². The number of rotatable bonds is 19. The Hall–Kier alpha value is -6.42. The van der Waals surface area contributed by atoms with Crippen molar-refractivity contribution in [1.82, 2.24) is 45.2 Å². The van der Waals surface area contributed by atoms with Gasteiger partial charge >= 0.3 is 5.69 Å². The molecule has 3 aromatic carbocycles. The van der Waals surface area contributed by atoms with Gasteiger partial charge in [-0.15, -0.1) is 6.42 Å². The number of piperidine rings is 1. The fourth-order valence-corrected chi connectivity index (χ4v) is 10.3. The molecule has 0 spiro atoms. The molecule has 3 saturated heterocycles. The Labute approximate surface area is 462 Å². The van der Waals surface area contributed by atoms with Gasteiger partial charge in [0.2, 0.25) is 5.91 Å². The fraction of sp³-hybridized carbons (Fsp3) is 0.525. The second kappa shape index (κ2) is 31.8. The predicted octanol–water partition coefficient (Wildman–Crippen LogP) is 7.38. The number of likely N-dealkylation sites (N-methyl/N-ethyl adjacent to an activating group) is 4. The number of nitrogens with one attached hydrogen (secondary N) is 3. The van der Waals surface area contributed by atoms with E-state index in [4.69, 9.17) is 6.42 Å². The molecule has 5 aromatic rings. The molecule has 2 aromatic heterocycles. The monoisotopic (exact) mass is 1070 g/mol. The van der Waals surface area contributed by atoms with Crippen LogP contribution in [0.4, 0.5) is 15.9 Å². The number of hydrogen-bond donors (Lipinski definition) is 3. The third-order valence-corrected chi connectivity index (χ3v) is 15.6. The average molecular weight is 1070 g/mol. The number of hydrogen-bond acceptors (Lipinski definition) is 14. The Balaban J connectivity index is 0.000000221. The number of terminal acetylenes is 1. The number of benzene rings is 3. The van der Waals surface area contributed by atoms with E-state index >= 15 is 4.39 Å². The standard InChI is InChI=1S/C27H28FN5O.C20H29N3O2.C8H16N2O2.C6H13N/c1-5-10-19(29-4)16-33(7-3)26-21-15-30-24(23(28)25(21)31-27(34)32-26)20-14-9-13-18-12-8-11-17(6-2)22(18)20;1-21-10-12-22(13-11-21)7-4-17-5-8-23(9-6-17)20-3-2-18(15-24)19(14-20)16-25;1-9-8(12)5-4-7(6-11)10(2)3;1-6-4-3-5-7(6)2/h2,8-9,11-15,19,29H,5,7,10,16H2,1,3-4H3,(H,31,32,34);2-3,14-17H,4-13H2,1H3;6-7H,4-5H2,1-3H3,(H,9,12);6H,3-5H2,1-2H3/t;;;6-/m...0/s1. The first-order chi connectivity index (χ1) is 37.6. The van der Waals surface area contributed by atoms with Gasteiger partial charge in [0.05, 0.1) is 16.9 Å². The Kier molecular flexibility index (Phi) is 25.5. The minimum atomic E-state index is -0.604. The molecule has 3 atom stereocenters. The van der Waals surface area contributed by atoms with Gasteiger partial charge in [0.15, 0.2) is 18.4 Å². The number of aromatic nitrogens is 3. The summed E-state index contributed by atoms with van der Waals surface area (Å²) in [6, 6.07) is 17.7. The lowest BCUT2D eigenvalue weighted by molar-refractivity contribution is -0.121. The largest absolute Gasteiger partial charge is 0.371 e. The Morgan fingerprint density at radius 2 is 1.64 bits per heavy atom. The number of pyridine rings is 1. The summed E-state index contributed by atoms with van der Waals surface area (Å²) in [5, 5.41) is 7.93. The maximum Gasteiger partial charge on any atom is 0.347 e. The molecule has 0 aliphatic carbocycles. The third-order valence-electron chi connectivity index (χ3n) is 15.6. The molecule has 0 bridgehead atoms. The highest BCUT2D eigenvalue weighted by atomic mass is 19.1. The molecule has 0 saturated carbocycles. The lowest BCUT2D eigenvalue weighted by Crippen LogP contribution is -2.45. The van der Waals surface area contributed by atoms with Gasteiger partial charge in [-0.05, 0) is 143 Å². The van der Waals surface area contributed by atoms with Crippen molar-refractivity contribution in [3.05, 3.63) is 93.8 Å². The molecule has 3 aliphatic heterocycles. The number of anilines is 2. The molecular weight excluding hydrogens is 986 g/mol. The molecule has 78 heavy (non-hydrogen) atoms. The highest BCUT2D eigenvalue weighted by Gasteiger charge is 2.24. The molecular formula is C61H86FN11O5. The zero-order valence-electron chi connectivity index (χ0n) is 47.8. The van der Waals surface area contributed by atoms with Gasteiger partial charge in [0.25, 0.3) is 0 Å². The maximum atomic E-state index is 16.0. The number of H-pyrrole nitrogens is 1. The van der Waals surface area contributed by atoms with Crippen molar-refractivity contribution >= 4 is 57.9 Å². The van der Waals surface area contributed by atoms with Crippen molar-refractivity contribution in [2.75, 3.05) is 118 Å². The van der Waals surface area contributed by atoms with Crippen LogP contribution in [0.1, 0.15) is 105 Å². The van der Waals surface area contributed by atoms with Crippen molar-refractivity contribution < 1.29 is 23.6 Å². The van der Waals surface area contributed by atoms with Crippen LogP contribution in [0.15, 0.2) is 65.6 Å². The topological polar surface area (TPSA) is 170 Å². The van der Waals surface area contributed by atoms with E-state index in [1.54, 1.807) is 30.3 Å². The van der Waals surface area contributed by atoms with E-state index in [9.17, 15) is 24.0 Å². The molecule has 5 heterocycles. The van der Waals surface area contributed by atoms with Gasteiger partial charge < -0.3 is 44.9 Å². The van der Waals surface area contributed by atoms with Crippen LogP contribution in [0.3, 0.4) is 0 Å². The van der Waals surface area contributed by atoms with Crippen molar-refractivity contribution in [2.45, 2.75) is 96.7 Å². The van der Waals surface area contributed by atoms with Crippen LogP contribution in [0.5, 0.6) is 0 Å². The van der Waals surface area contributed by atoms with Crippen LogP contribution in [0, 0.1) is 24.1 Å². The lowest BCUT2D eigenvalue weighted by atomic mass is 9.92. The van der Waals surface area contributed by atoms with Crippen molar-refractivity contribution in [3.63, 3.8) is 0 Å². The van der Waals surface area contributed by atoms with Gasteiger partial charge in [0, 0.05) is 117 Å². The number of amides is 1. The van der Waals surface area contributed by atoms with Crippen molar-refractivity contribution in [3.8, 4) is 23.6 Å². The predicted molar refractivity (Wildman–Crippen MR) is 316 cm³/mol. The molecule has 0 radical (unpaired) electrons. The fourth-order valence-electron chi connectivity index (χ4n) is 10.3. The van der Waals surface area contributed by atoms with Crippen LogP contribution in [-0.2, 0) is 9.59 Å². The van der Waals surface area contributed by atoms with E-state index in [1.807, 2.05) is 75.4 Å². The average Bonchev–Trinajstić information content (AvgIpc) is 3.97. The molecule has 3 aliphatic rings. The summed E-state index contributed by atoms with van der Waals surface area (Å²) < 4.78 is 16.0. The summed E-state index contributed by atoms with van der Waals surface area (Å²) in [7, 11) is 11.5. The summed E-state index contributed by atoms with van der Waals surface area (Å²) in [6.07, 6.45) is 19.2. The first-order valence-electron chi connectivity index (χ1n) is 27.9. The molecule has 2 unspecified atom stereocenters. The number of carbonyl (C=O) groups excluding carboxylic acids is 4. The zero-order valence-corrected chi connectivity index (χ0v) is 47.8. The summed E-state index contributed by atoms with van der Waals surface area (Å²) in [4.78, 5) is 80.7. The van der Waals surface area contributed by atoms with Crippen LogP contribution >= 0.6 is 0 Å². The van der Waals surface area contributed by atoms with Crippen molar-refractivity contribution in [2.24, 2.45) is 5.92 Å². The third kappa shape index (κ3) is 17.5. The van der Waals surface area contributed by atoms with Gasteiger partial charge in [0.1, 0.15) is 17.8 Å². The normalized spacial score (nSPS) is 16.9. The van der Waals surface area contributed by atoms with Gasteiger partial charge in [-0.1, -0.05) is 49.6 Å². The quantitative estimate of drug-likeness (QED) is 0.0553. The second-order valence-corrected chi connectivity index (χ2v) is 21.0. The Bertz CT molecular complexity index is 2810. The summed E-state index contributed by atoms with van der Waals surface area (Å²) >= 11 is 0.